The van der Waals surface area contributed by atoms with Crippen molar-refractivity contribution in [2.45, 2.75) is 45.1 Å². The van der Waals surface area contributed by atoms with Gasteiger partial charge in [0.1, 0.15) is 6.61 Å². The molecular weight excluding hydrogens is 194 g/mol. The minimum atomic E-state index is -0.597. The third-order valence-electron chi connectivity index (χ3n) is 2.61. The van der Waals surface area contributed by atoms with E-state index in [0.717, 1.165) is 25.7 Å². The minimum Gasteiger partial charge on any atom is -0.434 e. The van der Waals surface area contributed by atoms with Gasteiger partial charge in [0, 0.05) is 0 Å². The van der Waals surface area contributed by atoms with Crippen LogP contribution in [0, 0.1) is 5.92 Å². The van der Waals surface area contributed by atoms with Gasteiger partial charge in [-0.05, 0) is 18.8 Å². The Labute approximate surface area is 91.1 Å². The molecule has 1 aliphatic carbocycles. The summed E-state index contributed by atoms with van der Waals surface area (Å²) in [5, 5.41) is 0. The zero-order valence-electron chi connectivity index (χ0n) is 9.62. The molecule has 0 aromatic rings. The van der Waals surface area contributed by atoms with Gasteiger partial charge in [0.05, 0.1) is 12.1 Å². The smallest absolute Gasteiger partial charge is 0.434 e. The van der Waals surface area contributed by atoms with Crippen LogP contribution >= 0.6 is 0 Å². The Bertz CT molecular complexity index is 210. The highest BCUT2D eigenvalue weighted by Gasteiger charge is 2.31. The topological polar surface area (TPSA) is 61.5 Å². The lowest BCUT2D eigenvalue weighted by Crippen LogP contribution is -2.42. The van der Waals surface area contributed by atoms with Crippen LogP contribution in [0.1, 0.15) is 39.5 Å². The van der Waals surface area contributed by atoms with Crippen LogP contribution in [-0.2, 0) is 9.47 Å². The molecule has 0 aromatic heterocycles. The fourth-order valence-corrected chi connectivity index (χ4v) is 1.70. The lowest BCUT2D eigenvalue weighted by atomic mass is 10.0. The Morgan fingerprint density at radius 2 is 1.93 bits per heavy atom. The van der Waals surface area contributed by atoms with Gasteiger partial charge in [-0.25, -0.2) is 4.79 Å². The molecule has 0 aromatic carbocycles. The van der Waals surface area contributed by atoms with Crippen LogP contribution in [0.25, 0.3) is 0 Å². The maximum absolute atomic E-state index is 11.1. The van der Waals surface area contributed by atoms with Gasteiger partial charge in [0.25, 0.3) is 0 Å². The van der Waals surface area contributed by atoms with E-state index in [-0.39, 0.29) is 12.1 Å². The number of hydrogen-bond donors (Lipinski definition) is 1. The van der Waals surface area contributed by atoms with Gasteiger partial charge in [0.15, 0.2) is 0 Å². The van der Waals surface area contributed by atoms with Crippen LogP contribution in [0.2, 0.25) is 0 Å². The average Bonchev–Trinajstić information content (AvgIpc) is 2.60. The number of hydrogen-bond acceptors (Lipinski definition) is 4. The van der Waals surface area contributed by atoms with Crippen LogP contribution in [0.15, 0.2) is 0 Å². The predicted molar refractivity (Wildman–Crippen MR) is 57.5 cm³/mol. The molecule has 0 spiro atoms. The molecule has 4 nitrogen and oxygen atoms in total. The van der Waals surface area contributed by atoms with Crippen molar-refractivity contribution in [2.75, 3.05) is 13.2 Å². The molecule has 0 radical (unpaired) electrons. The number of ether oxygens (including phenoxy) is 2. The maximum atomic E-state index is 11.1. The third-order valence-corrected chi connectivity index (χ3v) is 2.61. The number of carbonyl (C=O) groups excluding carboxylic acids is 1. The molecule has 0 unspecified atom stereocenters. The Hall–Kier alpha value is -0.770. The quantitative estimate of drug-likeness (QED) is 0.729. The highest BCUT2D eigenvalue weighted by atomic mass is 16.7. The molecule has 1 fully saturated rings. The van der Waals surface area contributed by atoms with E-state index in [4.69, 9.17) is 15.2 Å². The van der Waals surface area contributed by atoms with Gasteiger partial charge in [0.2, 0.25) is 0 Å². The first-order chi connectivity index (χ1) is 7.02. The van der Waals surface area contributed by atoms with Gasteiger partial charge in [-0.2, -0.15) is 0 Å². The molecule has 15 heavy (non-hydrogen) atoms. The number of nitrogens with two attached hydrogens (primary N) is 1. The zero-order chi connectivity index (χ0) is 11.3. The number of rotatable bonds is 4. The van der Waals surface area contributed by atoms with Gasteiger partial charge in [-0.1, -0.05) is 26.7 Å². The normalized spacial score (nSPS) is 19.2. The Morgan fingerprint density at radius 1 is 1.33 bits per heavy atom. The molecule has 2 N–H and O–H groups in total. The second-order valence-corrected chi connectivity index (χ2v) is 4.81. The summed E-state index contributed by atoms with van der Waals surface area (Å²) in [5.41, 5.74) is 5.72. The molecule has 0 saturated heterocycles. The van der Waals surface area contributed by atoms with Crippen molar-refractivity contribution in [3.8, 4) is 0 Å². The van der Waals surface area contributed by atoms with Gasteiger partial charge >= 0.3 is 6.16 Å². The van der Waals surface area contributed by atoms with E-state index < -0.39 is 6.16 Å². The fourth-order valence-electron chi connectivity index (χ4n) is 1.70. The average molecular weight is 215 g/mol. The van der Waals surface area contributed by atoms with E-state index in [1.165, 1.54) is 0 Å². The van der Waals surface area contributed by atoms with Crippen molar-refractivity contribution in [3.05, 3.63) is 0 Å². The molecular formula is C11H21NO3. The Kier molecular flexibility index (Phi) is 4.39. The van der Waals surface area contributed by atoms with Crippen molar-refractivity contribution >= 4 is 6.16 Å². The van der Waals surface area contributed by atoms with Crippen LogP contribution in [0.5, 0.6) is 0 Å². The van der Waals surface area contributed by atoms with E-state index in [9.17, 15) is 4.79 Å². The SMILES string of the molecule is CC(C)COC(=O)OCC1(N)CCCC1. The predicted octanol–water partition coefficient (Wildman–Crippen LogP) is 2.07. The summed E-state index contributed by atoms with van der Waals surface area (Å²) in [6.45, 7) is 4.64. The second-order valence-electron chi connectivity index (χ2n) is 4.81. The van der Waals surface area contributed by atoms with Crippen LogP contribution < -0.4 is 5.73 Å². The minimum absolute atomic E-state index is 0.282. The lowest BCUT2D eigenvalue weighted by molar-refractivity contribution is 0.0333. The van der Waals surface area contributed by atoms with Crippen molar-refractivity contribution in [1.29, 1.82) is 0 Å². The van der Waals surface area contributed by atoms with Crippen LogP contribution in [0.3, 0.4) is 0 Å². The zero-order valence-corrected chi connectivity index (χ0v) is 9.62. The van der Waals surface area contributed by atoms with Crippen LogP contribution in [-0.4, -0.2) is 24.9 Å². The Balaban J connectivity index is 2.16. The molecule has 0 aliphatic heterocycles. The van der Waals surface area contributed by atoms with Gasteiger partial charge < -0.3 is 15.2 Å². The molecule has 1 saturated carbocycles. The fraction of sp³-hybridized carbons (Fsp3) is 0.909. The summed E-state index contributed by atoms with van der Waals surface area (Å²) in [4.78, 5) is 11.1. The van der Waals surface area contributed by atoms with E-state index in [1.54, 1.807) is 0 Å². The summed E-state index contributed by atoms with van der Waals surface area (Å²) in [7, 11) is 0. The highest BCUT2D eigenvalue weighted by Crippen LogP contribution is 2.27. The first-order valence-corrected chi connectivity index (χ1v) is 5.60. The molecule has 0 amide bonds. The molecule has 4 heteroatoms. The van der Waals surface area contributed by atoms with Crippen LogP contribution in [0.4, 0.5) is 4.79 Å². The molecule has 1 rings (SSSR count). The summed E-state index contributed by atoms with van der Waals surface area (Å²) >= 11 is 0. The van der Waals surface area contributed by atoms with E-state index in [2.05, 4.69) is 0 Å². The maximum Gasteiger partial charge on any atom is 0.508 e. The lowest BCUT2D eigenvalue weighted by Gasteiger charge is -2.22. The van der Waals surface area contributed by atoms with E-state index in [1.807, 2.05) is 13.8 Å². The largest absolute Gasteiger partial charge is 0.508 e. The standard InChI is InChI=1S/C11H21NO3/c1-9(2)7-14-10(13)15-8-11(12)5-3-4-6-11/h9H,3-8,12H2,1-2H3. The van der Waals surface area contributed by atoms with E-state index in [0.29, 0.717) is 12.5 Å². The monoisotopic (exact) mass is 215 g/mol. The van der Waals surface area contributed by atoms with Crippen molar-refractivity contribution in [3.63, 3.8) is 0 Å². The van der Waals surface area contributed by atoms with Gasteiger partial charge in [-0.3, -0.25) is 0 Å². The van der Waals surface area contributed by atoms with Crippen molar-refractivity contribution < 1.29 is 14.3 Å². The summed E-state index contributed by atoms with van der Waals surface area (Å²) < 4.78 is 9.88. The van der Waals surface area contributed by atoms with Crippen molar-refractivity contribution in [1.82, 2.24) is 0 Å². The molecule has 0 atom stereocenters. The molecule has 88 valence electrons. The van der Waals surface area contributed by atoms with E-state index >= 15 is 0 Å². The first kappa shape index (κ1) is 12.3. The summed E-state index contributed by atoms with van der Waals surface area (Å²) in [6, 6.07) is 0. The highest BCUT2D eigenvalue weighted by molar-refractivity contribution is 5.59. The third kappa shape index (κ3) is 4.51. The molecule has 0 heterocycles. The molecule has 1 aliphatic rings. The molecule has 0 bridgehead atoms. The summed E-state index contributed by atoms with van der Waals surface area (Å²) in [6.07, 6.45) is 3.52. The van der Waals surface area contributed by atoms with Crippen molar-refractivity contribution in [2.24, 2.45) is 11.7 Å². The Morgan fingerprint density at radius 3 is 2.47 bits per heavy atom. The van der Waals surface area contributed by atoms with Gasteiger partial charge in [-0.15, -0.1) is 0 Å². The number of carbonyl (C=O) groups is 1. The summed E-state index contributed by atoms with van der Waals surface area (Å²) in [5.74, 6) is 0.330. The first-order valence-electron chi connectivity index (χ1n) is 5.60. The second kappa shape index (κ2) is 5.35.